The lowest BCUT2D eigenvalue weighted by atomic mass is 10.2. The van der Waals surface area contributed by atoms with Gasteiger partial charge in [0, 0.05) is 10.6 Å². The molecule has 0 saturated carbocycles. The van der Waals surface area contributed by atoms with Crippen molar-refractivity contribution < 1.29 is 0 Å². The predicted molar refractivity (Wildman–Crippen MR) is 76.3 cm³/mol. The number of nitriles is 1. The molecular weight excluding hydrogens is 281 g/mol. The number of hydrogen-bond donors (Lipinski definition) is 1. The summed E-state index contributed by atoms with van der Waals surface area (Å²) in [5.74, 6) is 0.602. The molecule has 0 bridgehead atoms. The van der Waals surface area contributed by atoms with E-state index in [1.807, 2.05) is 12.1 Å². The molecule has 1 N–H and O–H groups in total. The summed E-state index contributed by atoms with van der Waals surface area (Å²) in [5, 5.41) is 10.2. The molecule has 3 rings (SSSR count). The molecule has 0 saturated heterocycles. The molecule has 0 aliphatic heterocycles. The van der Waals surface area contributed by atoms with Crippen molar-refractivity contribution in [1.82, 2.24) is 9.97 Å². The summed E-state index contributed by atoms with van der Waals surface area (Å²) in [6.45, 7) is 0. The molecular formula is C14H7Cl2N3. The lowest BCUT2D eigenvalue weighted by molar-refractivity contribution is 1.33. The van der Waals surface area contributed by atoms with Crippen molar-refractivity contribution in [2.24, 2.45) is 0 Å². The molecule has 1 heterocycles. The minimum absolute atomic E-state index is 0.526. The van der Waals surface area contributed by atoms with Crippen molar-refractivity contribution in [1.29, 1.82) is 5.26 Å². The van der Waals surface area contributed by atoms with E-state index in [1.54, 1.807) is 24.3 Å². The lowest BCUT2D eigenvalue weighted by Crippen LogP contribution is -1.82. The summed E-state index contributed by atoms with van der Waals surface area (Å²) in [6, 6.07) is 12.7. The molecule has 2 aromatic carbocycles. The van der Waals surface area contributed by atoms with Crippen LogP contribution in [-0.2, 0) is 0 Å². The molecule has 0 amide bonds. The quantitative estimate of drug-likeness (QED) is 0.721. The highest BCUT2D eigenvalue weighted by atomic mass is 35.5. The Morgan fingerprint density at radius 1 is 1.16 bits per heavy atom. The zero-order valence-electron chi connectivity index (χ0n) is 9.61. The summed E-state index contributed by atoms with van der Waals surface area (Å²) in [7, 11) is 0. The van der Waals surface area contributed by atoms with Crippen LogP contribution in [0.2, 0.25) is 10.0 Å². The minimum atomic E-state index is 0.526. The van der Waals surface area contributed by atoms with E-state index in [-0.39, 0.29) is 0 Å². The van der Waals surface area contributed by atoms with Crippen molar-refractivity contribution in [3.8, 4) is 17.5 Å². The third-order valence-electron chi connectivity index (χ3n) is 2.82. The molecule has 0 radical (unpaired) electrons. The second kappa shape index (κ2) is 4.58. The van der Waals surface area contributed by atoms with E-state index in [9.17, 15) is 0 Å². The van der Waals surface area contributed by atoms with E-state index < -0.39 is 0 Å². The summed E-state index contributed by atoms with van der Waals surface area (Å²) < 4.78 is 0. The van der Waals surface area contributed by atoms with Gasteiger partial charge in [-0.3, -0.25) is 0 Å². The average Bonchev–Trinajstić information content (AvgIpc) is 2.85. The molecule has 0 atom stereocenters. The van der Waals surface area contributed by atoms with Crippen LogP contribution in [0.3, 0.4) is 0 Å². The number of imidazole rings is 1. The number of aromatic nitrogens is 2. The van der Waals surface area contributed by atoms with E-state index >= 15 is 0 Å². The van der Waals surface area contributed by atoms with E-state index in [0.717, 1.165) is 5.52 Å². The first-order valence-corrected chi connectivity index (χ1v) is 6.29. The number of para-hydroxylation sites is 1. The van der Waals surface area contributed by atoms with Gasteiger partial charge in [0.1, 0.15) is 17.4 Å². The Hall–Kier alpha value is -2.02. The lowest BCUT2D eigenvalue weighted by Gasteiger charge is -2.00. The number of benzene rings is 2. The number of H-pyrrole nitrogens is 1. The van der Waals surface area contributed by atoms with E-state index in [2.05, 4.69) is 16.0 Å². The van der Waals surface area contributed by atoms with Crippen LogP contribution < -0.4 is 0 Å². The Morgan fingerprint density at radius 2 is 2.00 bits per heavy atom. The second-order valence-electron chi connectivity index (χ2n) is 4.02. The largest absolute Gasteiger partial charge is 0.338 e. The molecule has 1 aromatic heterocycles. The van der Waals surface area contributed by atoms with E-state index in [1.165, 1.54) is 0 Å². The summed E-state index contributed by atoms with van der Waals surface area (Å²) in [6.07, 6.45) is 0. The van der Waals surface area contributed by atoms with Crippen LogP contribution in [0.15, 0.2) is 36.4 Å². The van der Waals surface area contributed by atoms with Gasteiger partial charge in [0.25, 0.3) is 0 Å². The second-order valence-corrected chi connectivity index (χ2v) is 4.87. The van der Waals surface area contributed by atoms with Crippen molar-refractivity contribution in [3.63, 3.8) is 0 Å². The highest BCUT2D eigenvalue weighted by molar-refractivity contribution is 6.35. The topological polar surface area (TPSA) is 52.5 Å². The van der Waals surface area contributed by atoms with Crippen LogP contribution in [0, 0.1) is 11.3 Å². The van der Waals surface area contributed by atoms with Crippen molar-refractivity contribution >= 4 is 34.2 Å². The number of aromatic amines is 1. The van der Waals surface area contributed by atoms with Crippen LogP contribution >= 0.6 is 23.2 Å². The minimum Gasteiger partial charge on any atom is -0.338 e. The molecule has 0 aliphatic carbocycles. The summed E-state index contributed by atoms with van der Waals surface area (Å²) in [5.41, 5.74) is 2.67. The summed E-state index contributed by atoms with van der Waals surface area (Å²) >= 11 is 12.1. The van der Waals surface area contributed by atoms with Gasteiger partial charge in [-0.05, 0) is 30.3 Å². The van der Waals surface area contributed by atoms with Crippen molar-refractivity contribution in [2.45, 2.75) is 0 Å². The van der Waals surface area contributed by atoms with Gasteiger partial charge >= 0.3 is 0 Å². The van der Waals surface area contributed by atoms with Gasteiger partial charge in [-0.15, -0.1) is 0 Å². The predicted octanol–water partition coefficient (Wildman–Crippen LogP) is 4.41. The number of nitrogens with one attached hydrogen (secondary N) is 1. The monoisotopic (exact) mass is 287 g/mol. The number of rotatable bonds is 1. The van der Waals surface area contributed by atoms with Crippen molar-refractivity contribution in [2.75, 3.05) is 0 Å². The SMILES string of the molecule is N#Cc1cccc2[nH]c(-c3cc(Cl)ccc3Cl)nc12. The first-order chi connectivity index (χ1) is 9.19. The molecule has 3 aromatic rings. The number of halogens is 2. The van der Waals surface area contributed by atoms with Crippen LogP contribution in [0.1, 0.15) is 5.56 Å². The van der Waals surface area contributed by atoms with Gasteiger partial charge in [0.2, 0.25) is 0 Å². The van der Waals surface area contributed by atoms with E-state index in [0.29, 0.717) is 32.5 Å². The smallest absolute Gasteiger partial charge is 0.140 e. The normalized spacial score (nSPS) is 10.6. The maximum Gasteiger partial charge on any atom is 0.140 e. The Bertz CT molecular complexity index is 815. The summed E-state index contributed by atoms with van der Waals surface area (Å²) in [4.78, 5) is 7.58. The van der Waals surface area contributed by atoms with Crippen LogP contribution in [0.5, 0.6) is 0 Å². The average molecular weight is 288 g/mol. The fraction of sp³-hybridized carbons (Fsp3) is 0. The third kappa shape index (κ3) is 2.06. The van der Waals surface area contributed by atoms with Crippen LogP contribution in [0.4, 0.5) is 0 Å². The Kier molecular flexibility index (Phi) is 2.90. The highest BCUT2D eigenvalue weighted by Gasteiger charge is 2.11. The van der Waals surface area contributed by atoms with Gasteiger partial charge in [0.05, 0.1) is 16.1 Å². The zero-order chi connectivity index (χ0) is 13.4. The fourth-order valence-electron chi connectivity index (χ4n) is 1.93. The molecule has 0 fully saturated rings. The Labute approximate surface area is 119 Å². The van der Waals surface area contributed by atoms with Crippen LogP contribution in [-0.4, -0.2) is 9.97 Å². The van der Waals surface area contributed by atoms with Gasteiger partial charge in [-0.1, -0.05) is 29.3 Å². The Balaban J connectivity index is 2.27. The van der Waals surface area contributed by atoms with Gasteiger partial charge in [0.15, 0.2) is 0 Å². The number of nitrogens with zero attached hydrogens (tertiary/aromatic N) is 2. The van der Waals surface area contributed by atoms with Gasteiger partial charge < -0.3 is 4.98 Å². The number of fused-ring (bicyclic) bond motifs is 1. The fourth-order valence-corrected chi connectivity index (χ4v) is 2.31. The van der Waals surface area contributed by atoms with Crippen molar-refractivity contribution in [3.05, 3.63) is 52.0 Å². The maximum absolute atomic E-state index is 9.06. The zero-order valence-corrected chi connectivity index (χ0v) is 11.1. The Morgan fingerprint density at radius 3 is 2.79 bits per heavy atom. The molecule has 3 nitrogen and oxygen atoms in total. The van der Waals surface area contributed by atoms with E-state index in [4.69, 9.17) is 28.5 Å². The highest BCUT2D eigenvalue weighted by Crippen LogP contribution is 2.30. The molecule has 92 valence electrons. The van der Waals surface area contributed by atoms with Gasteiger partial charge in [-0.25, -0.2) is 4.98 Å². The molecule has 5 heteroatoms. The molecule has 19 heavy (non-hydrogen) atoms. The molecule has 0 aliphatic rings. The maximum atomic E-state index is 9.06. The molecule has 0 spiro atoms. The third-order valence-corrected chi connectivity index (χ3v) is 3.38. The first-order valence-electron chi connectivity index (χ1n) is 5.53. The first kappa shape index (κ1) is 12.0. The standard InChI is InChI=1S/C14H7Cl2N3/c15-9-4-5-11(16)10(6-9)14-18-12-3-1-2-8(7-17)13(12)19-14/h1-6H,(H,18,19). The van der Waals surface area contributed by atoms with Crippen LogP contribution in [0.25, 0.3) is 22.4 Å². The molecule has 0 unspecified atom stereocenters. The number of hydrogen-bond acceptors (Lipinski definition) is 2. The van der Waals surface area contributed by atoms with Gasteiger partial charge in [-0.2, -0.15) is 5.26 Å².